The van der Waals surface area contributed by atoms with Crippen LogP contribution in [-0.4, -0.2) is 52.5 Å². The van der Waals surface area contributed by atoms with Gasteiger partial charge in [-0.3, -0.25) is 19.2 Å². The standard InChI is InChI=1S/C23H33N3O7/c1-13(18(28)26-16(21(31)32)12-17(27)33-23(5,6)7)24-19(29)20(30)25-15-11-9-8-10-14(15)22(2,3)4/h8-11,13,16H,12H2,1-7H3,(H,24,29)(H,25,30)(H,26,28)(H,31,32)/t13-,16-/m0/s1. The summed E-state index contributed by atoms with van der Waals surface area (Å²) in [5.74, 6) is -5.16. The maximum atomic E-state index is 12.4. The SMILES string of the molecule is C[C@H](NC(=O)C(=O)Nc1ccccc1C(C)(C)C)C(=O)N[C@@H](CC(=O)OC(C)(C)C)C(=O)O. The lowest BCUT2D eigenvalue weighted by atomic mass is 9.86. The number of rotatable bonds is 7. The lowest BCUT2D eigenvalue weighted by Gasteiger charge is -2.23. The van der Waals surface area contributed by atoms with Gasteiger partial charge in [0.2, 0.25) is 5.91 Å². The Balaban J connectivity index is 2.75. The van der Waals surface area contributed by atoms with Crippen molar-refractivity contribution in [3.05, 3.63) is 29.8 Å². The number of nitrogens with one attached hydrogen (secondary N) is 3. The summed E-state index contributed by atoms with van der Waals surface area (Å²) >= 11 is 0. The molecule has 0 aliphatic carbocycles. The van der Waals surface area contributed by atoms with Gasteiger partial charge in [-0.2, -0.15) is 0 Å². The van der Waals surface area contributed by atoms with E-state index in [1.165, 1.54) is 6.92 Å². The van der Waals surface area contributed by atoms with Crippen LogP contribution in [0, 0.1) is 0 Å². The summed E-state index contributed by atoms with van der Waals surface area (Å²) in [6.07, 6.45) is -0.594. The number of aliphatic carboxylic acids is 1. The van der Waals surface area contributed by atoms with E-state index in [2.05, 4.69) is 16.0 Å². The van der Waals surface area contributed by atoms with Crippen LogP contribution in [0.2, 0.25) is 0 Å². The van der Waals surface area contributed by atoms with Crippen LogP contribution in [0.5, 0.6) is 0 Å². The number of hydrogen-bond acceptors (Lipinski definition) is 6. The molecule has 1 aromatic rings. The summed E-state index contributed by atoms with van der Waals surface area (Å²) in [5.41, 5.74) is 0.187. The maximum Gasteiger partial charge on any atom is 0.326 e. The first-order chi connectivity index (χ1) is 15.0. The monoisotopic (exact) mass is 463 g/mol. The smallest absolute Gasteiger partial charge is 0.326 e. The van der Waals surface area contributed by atoms with Crippen LogP contribution < -0.4 is 16.0 Å². The highest BCUT2D eigenvalue weighted by Crippen LogP contribution is 2.29. The second-order valence-corrected chi connectivity index (χ2v) is 9.63. The van der Waals surface area contributed by atoms with Gasteiger partial charge in [-0.25, -0.2) is 4.79 Å². The van der Waals surface area contributed by atoms with Crippen molar-refractivity contribution < 1.29 is 33.8 Å². The molecule has 2 atom stereocenters. The van der Waals surface area contributed by atoms with Crippen molar-refractivity contribution in [2.24, 2.45) is 0 Å². The zero-order valence-corrected chi connectivity index (χ0v) is 20.1. The molecule has 0 fully saturated rings. The number of esters is 1. The Morgan fingerprint density at radius 1 is 0.939 bits per heavy atom. The first-order valence-corrected chi connectivity index (χ1v) is 10.5. The Morgan fingerprint density at radius 2 is 1.52 bits per heavy atom. The van der Waals surface area contributed by atoms with Gasteiger partial charge in [0, 0.05) is 5.69 Å². The predicted molar refractivity (Wildman–Crippen MR) is 121 cm³/mol. The van der Waals surface area contributed by atoms with Crippen molar-refractivity contribution >= 4 is 35.3 Å². The molecule has 4 N–H and O–H groups in total. The van der Waals surface area contributed by atoms with Crippen LogP contribution in [0.3, 0.4) is 0 Å². The van der Waals surface area contributed by atoms with E-state index in [1.807, 2.05) is 32.9 Å². The molecule has 0 aliphatic rings. The van der Waals surface area contributed by atoms with E-state index in [1.54, 1.807) is 32.9 Å². The first kappa shape index (κ1) is 27.6. The number of amides is 3. The molecule has 10 nitrogen and oxygen atoms in total. The summed E-state index contributed by atoms with van der Waals surface area (Å²) < 4.78 is 5.07. The van der Waals surface area contributed by atoms with Crippen LogP contribution in [-0.2, 0) is 34.1 Å². The van der Waals surface area contributed by atoms with Crippen LogP contribution >= 0.6 is 0 Å². The minimum atomic E-state index is -1.56. The number of anilines is 1. The Morgan fingerprint density at radius 3 is 2.03 bits per heavy atom. The predicted octanol–water partition coefficient (Wildman–Crippen LogP) is 1.73. The van der Waals surface area contributed by atoms with E-state index in [-0.39, 0.29) is 5.41 Å². The molecule has 33 heavy (non-hydrogen) atoms. The maximum absolute atomic E-state index is 12.4. The molecule has 0 spiro atoms. The number of benzene rings is 1. The number of carboxylic acid groups (broad SMARTS) is 1. The highest BCUT2D eigenvalue weighted by atomic mass is 16.6. The number of carboxylic acids is 1. The van der Waals surface area contributed by atoms with Gasteiger partial charge in [-0.1, -0.05) is 39.0 Å². The van der Waals surface area contributed by atoms with E-state index in [0.717, 1.165) is 5.56 Å². The van der Waals surface area contributed by atoms with Gasteiger partial charge < -0.3 is 25.8 Å². The number of ether oxygens (including phenoxy) is 1. The third kappa shape index (κ3) is 9.30. The van der Waals surface area contributed by atoms with E-state index < -0.39 is 53.8 Å². The fourth-order valence-corrected chi connectivity index (χ4v) is 2.80. The van der Waals surface area contributed by atoms with Gasteiger partial charge >= 0.3 is 23.8 Å². The molecular weight excluding hydrogens is 430 g/mol. The summed E-state index contributed by atoms with van der Waals surface area (Å²) in [7, 11) is 0. The zero-order chi connectivity index (χ0) is 25.6. The highest BCUT2D eigenvalue weighted by molar-refractivity contribution is 6.40. The fourth-order valence-electron chi connectivity index (χ4n) is 2.80. The van der Waals surface area contributed by atoms with Crippen molar-refractivity contribution in [1.82, 2.24) is 10.6 Å². The first-order valence-electron chi connectivity index (χ1n) is 10.5. The topological polar surface area (TPSA) is 151 Å². The molecule has 0 aromatic heterocycles. The molecule has 0 saturated heterocycles. The van der Waals surface area contributed by atoms with Crippen LogP contribution in [0.25, 0.3) is 0 Å². The molecule has 0 bridgehead atoms. The number of carbonyl (C=O) groups excluding carboxylic acids is 4. The summed E-state index contributed by atoms with van der Waals surface area (Å²) in [4.78, 5) is 60.3. The Bertz CT molecular complexity index is 913. The normalized spacial score (nSPS) is 13.3. The van der Waals surface area contributed by atoms with Crippen LogP contribution in [0.15, 0.2) is 24.3 Å². The average Bonchev–Trinajstić information content (AvgIpc) is 2.65. The van der Waals surface area contributed by atoms with E-state index in [0.29, 0.717) is 5.69 Å². The van der Waals surface area contributed by atoms with Crippen molar-refractivity contribution in [3.8, 4) is 0 Å². The third-order valence-electron chi connectivity index (χ3n) is 4.34. The minimum absolute atomic E-state index is 0.284. The van der Waals surface area contributed by atoms with Crippen molar-refractivity contribution in [2.45, 2.75) is 78.0 Å². The third-order valence-corrected chi connectivity index (χ3v) is 4.34. The lowest BCUT2D eigenvalue weighted by molar-refractivity contribution is -0.158. The van der Waals surface area contributed by atoms with Gasteiger partial charge in [0.1, 0.15) is 17.7 Å². The van der Waals surface area contributed by atoms with Gasteiger partial charge in [0.25, 0.3) is 0 Å². The summed E-state index contributed by atoms with van der Waals surface area (Å²) in [6.45, 7) is 12.0. The molecule has 0 unspecified atom stereocenters. The number of carbonyl (C=O) groups is 5. The minimum Gasteiger partial charge on any atom is -0.480 e. The molecule has 3 amide bonds. The molecular formula is C23H33N3O7. The molecule has 182 valence electrons. The second kappa shape index (κ2) is 10.9. The Labute approximate surface area is 193 Å². The summed E-state index contributed by atoms with van der Waals surface area (Å²) in [5, 5.41) is 16.2. The molecule has 1 aromatic carbocycles. The largest absolute Gasteiger partial charge is 0.480 e. The van der Waals surface area contributed by atoms with E-state index in [4.69, 9.17) is 4.74 Å². The Kier molecular flexibility index (Phi) is 9.14. The van der Waals surface area contributed by atoms with Crippen LogP contribution in [0.4, 0.5) is 5.69 Å². The fraction of sp³-hybridized carbons (Fsp3) is 0.522. The molecule has 10 heteroatoms. The van der Waals surface area contributed by atoms with Gasteiger partial charge in [0.05, 0.1) is 6.42 Å². The van der Waals surface area contributed by atoms with Crippen molar-refractivity contribution in [2.75, 3.05) is 5.32 Å². The quantitative estimate of drug-likeness (QED) is 0.355. The average molecular weight is 464 g/mol. The van der Waals surface area contributed by atoms with Gasteiger partial charge in [-0.05, 0) is 44.7 Å². The van der Waals surface area contributed by atoms with Crippen molar-refractivity contribution in [1.29, 1.82) is 0 Å². The number of hydrogen-bond donors (Lipinski definition) is 4. The second-order valence-electron chi connectivity index (χ2n) is 9.63. The van der Waals surface area contributed by atoms with Crippen LogP contribution in [0.1, 0.15) is 60.5 Å². The Hall–Kier alpha value is -3.43. The molecule has 0 heterocycles. The molecule has 0 saturated carbocycles. The number of para-hydroxylation sites is 1. The van der Waals surface area contributed by atoms with E-state index in [9.17, 15) is 29.1 Å². The molecule has 0 radical (unpaired) electrons. The van der Waals surface area contributed by atoms with Gasteiger partial charge in [-0.15, -0.1) is 0 Å². The molecule has 1 rings (SSSR count). The van der Waals surface area contributed by atoms with Crippen molar-refractivity contribution in [3.63, 3.8) is 0 Å². The highest BCUT2D eigenvalue weighted by Gasteiger charge is 2.29. The summed E-state index contributed by atoms with van der Waals surface area (Å²) in [6, 6.07) is 4.24. The molecule has 0 aliphatic heterocycles. The van der Waals surface area contributed by atoms with E-state index >= 15 is 0 Å². The lowest BCUT2D eigenvalue weighted by Crippen LogP contribution is -2.52. The zero-order valence-electron chi connectivity index (χ0n) is 20.1. The van der Waals surface area contributed by atoms with Gasteiger partial charge in [0.15, 0.2) is 0 Å².